The van der Waals surface area contributed by atoms with Crippen molar-refractivity contribution < 1.29 is 14.6 Å². The molecule has 19 heavy (non-hydrogen) atoms. The van der Waals surface area contributed by atoms with Gasteiger partial charge in [0.15, 0.2) is 0 Å². The summed E-state index contributed by atoms with van der Waals surface area (Å²) < 4.78 is 4.86. The van der Waals surface area contributed by atoms with Gasteiger partial charge in [-0.15, -0.1) is 11.8 Å². The van der Waals surface area contributed by atoms with Gasteiger partial charge in [0, 0.05) is 17.7 Å². The van der Waals surface area contributed by atoms with Gasteiger partial charge in [0.05, 0.1) is 19.0 Å². The fourth-order valence-corrected chi connectivity index (χ4v) is 2.18. The molecule has 0 aliphatic heterocycles. The van der Waals surface area contributed by atoms with Crippen LogP contribution in [0.2, 0.25) is 0 Å². The lowest BCUT2D eigenvalue weighted by molar-refractivity contribution is -0.139. The number of rotatable bonds is 6. The minimum Gasteiger partial charge on any atom is -0.465 e. The molecule has 1 N–H and O–H groups in total. The van der Waals surface area contributed by atoms with Crippen LogP contribution in [-0.4, -0.2) is 30.0 Å². The maximum atomic E-state index is 11.2. The van der Waals surface area contributed by atoms with Crippen molar-refractivity contribution in [3.8, 4) is 11.8 Å². The van der Waals surface area contributed by atoms with E-state index in [2.05, 4.69) is 11.8 Å². The van der Waals surface area contributed by atoms with Gasteiger partial charge in [-0.1, -0.05) is 24.0 Å². The van der Waals surface area contributed by atoms with Gasteiger partial charge in [0.25, 0.3) is 0 Å². The number of ether oxygens (including phenoxy) is 1. The molecule has 0 radical (unpaired) electrons. The van der Waals surface area contributed by atoms with Crippen LogP contribution in [0, 0.1) is 11.8 Å². The summed E-state index contributed by atoms with van der Waals surface area (Å²) >= 11 is 1.53. The second kappa shape index (κ2) is 9.48. The van der Waals surface area contributed by atoms with Crippen LogP contribution in [-0.2, 0) is 15.3 Å². The number of carbonyl (C=O) groups excluding carboxylic acids is 1. The molecule has 0 atom stereocenters. The summed E-state index contributed by atoms with van der Waals surface area (Å²) in [5.41, 5.74) is 2.06. The molecule has 0 heterocycles. The third-order valence-corrected chi connectivity index (χ3v) is 3.17. The second-order valence-electron chi connectivity index (χ2n) is 3.77. The minimum atomic E-state index is -0.175. The number of thioether (sulfide) groups is 1. The van der Waals surface area contributed by atoms with E-state index in [9.17, 15) is 4.79 Å². The first-order valence-electron chi connectivity index (χ1n) is 6.18. The Morgan fingerprint density at radius 2 is 2.32 bits per heavy atom. The maximum absolute atomic E-state index is 11.2. The number of benzene rings is 1. The highest BCUT2D eigenvalue weighted by atomic mass is 32.2. The Kier molecular flexibility index (Phi) is 7.80. The number of aliphatic hydroxyl groups excluding tert-OH is 1. The molecule has 0 spiro atoms. The van der Waals surface area contributed by atoms with Crippen molar-refractivity contribution >= 4 is 17.7 Å². The van der Waals surface area contributed by atoms with Gasteiger partial charge in [-0.2, -0.15) is 0 Å². The quantitative estimate of drug-likeness (QED) is 0.640. The van der Waals surface area contributed by atoms with E-state index in [0.717, 1.165) is 16.9 Å². The van der Waals surface area contributed by atoms with Gasteiger partial charge in [-0.3, -0.25) is 4.79 Å². The fourth-order valence-electron chi connectivity index (χ4n) is 1.41. The van der Waals surface area contributed by atoms with E-state index >= 15 is 0 Å². The predicted octanol–water partition coefficient (Wildman–Crippen LogP) is 2.22. The molecule has 3 nitrogen and oxygen atoms in total. The normalized spacial score (nSPS) is 9.58. The molecule has 0 amide bonds. The van der Waals surface area contributed by atoms with Gasteiger partial charge in [-0.05, 0) is 24.6 Å². The number of carbonyl (C=O) groups is 1. The van der Waals surface area contributed by atoms with Crippen LogP contribution in [0.1, 0.15) is 24.5 Å². The Morgan fingerprint density at radius 3 is 3.05 bits per heavy atom. The Bertz CT molecular complexity index is 460. The molecule has 0 saturated carbocycles. The van der Waals surface area contributed by atoms with Crippen molar-refractivity contribution in [2.45, 2.75) is 19.1 Å². The number of aliphatic hydroxyl groups is 1. The third-order valence-electron chi connectivity index (χ3n) is 2.19. The molecule has 102 valence electrons. The molecular weight excluding hydrogens is 260 g/mol. The molecule has 1 aromatic carbocycles. The Hall–Kier alpha value is -1.44. The van der Waals surface area contributed by atoms with E-state index in [-0.39, 0.29) is 12.6 Å². The van der Waals surface area contributed by atoms with Crippen LogP contribution in [0.5, 0.6) is 0 Å². The highest BCUT2D eigenvalue weighted by Crippen LogP contribution is 2.13. The molecule has 0 aliphatic carbocycles. The Labute approximate surface area is 118 Å². The van der Waals surface area contributed by atoms with Gasteiger partial charge < -0.3 is 9.84 Å². The number of hydrogen-bond acceptors (Lipinski definition) is 4. The molecule has 1 rings (SSSR count). The van der Waals surface area contributed by atoms with E-state index in [0.29, 0.717) is 18.8 Å². The third kappa shape index (κ3) is 6.90. The van der Waals surface area contributed by atoms with Crippen LogP contribution in [0.3, 0.4) is 0 Å². The summed E-state index contributed by atoms with van der Waals surface area (Å²) in [6.45, 7) is 2.31. The lowest BCUT2D eigenvalue weighted by atomic mass is 10.1. The first-order valence-corrected chi connectivity index (χ1v) is 7.33. The first kappa shape index (κ1) is 15.6. The largest absolute Gasteiger partial charge is 0.465 e. The lowest BCUT2D eigenvalue weighted by Crippen LogP contribution is -2.06. The van der Waals surface area contributed by atoms with Crippen molar-refractivity contribution in [1.82, 2.24) is 0 Å². The molecule has 0 bridgehead atoms. The fraction of sp³-hybridized carbons (Fsp3) is 0.400. The molecule has 4 heteroatoms. The molecule has 0 aromatic heterocycles. The van der Waals surface area contributed by atoms with Crippen LogP contribution in [0.25, 0.3) is 0 Å². The van der Waals surface area contributed by atoms with E-state index in [4.69, 9.17) is 9.84 Å². The minimum absolute atomic E-state index is 0.0854. The Balaban J connectivity index is 2.44. The average Bonchev–Trinajstić information content (AvgIpc) is 2.40. The van der Waals surface area contributed by atoms with Crippen molar-refractivity contribution in [2.75, 3.05) is 19.0 Å². The van der Waals surface area contributed by atoms with Crippen molar-refractivity contribution in [1.29, 1.82) is 0 Å². The summed E-state index contributed by atoms with van der Waals surface area (Å²) in [7, 11) is 0. The van der Waals surface area contributed by atoms with Crippen molar-refractivity contribution in [3.05, 3.63) is 35.4 Å². The molecule has 1 aromatic rings. The predicted molar refractivity (Wildman–Crippen MR) is 77.8 cm³/mol. The van der Waals surface area contributed by atoms with Gasteiger partial charge >= 0.3 is 5.97 Å². The number of hydrogen-bond donors (Lipinski definition) is 1. The zero-order valence-electron chi connectivity index (χ0n) is 11.0. The SMILES string of the molecule is CCOC(=O)CSCc1cccc(C#CCCO)c1. The lowest BCUT2D eigenvalue weighted by Gasteiger charge is -2.03. The molecule has 0 fully saturated rings. The average molecular weight is 278 g/mol. The molecule has 0 unspecified atom stereocenters. The van der Waals surface area contributed by atoms with Crippen LogP contribution >= 0.6 is 11.8 Å². The maximum Gasteiger partial charge on any atom is 0.315 e. The molecular formula is C15H18O3S. The van der Waals surface area contributed by atoms with Crippen molar-refractivity contribution in [2.24, 2.45) is 0 Å². The summed E-state index contributed by atoms with van der Waals surface area (Å²) in [5, 5.41) is 8.66. The van der Waals surface area contributed by atoms with E-state index in [1.807, 2.05) is 24.3 Å². The van der Waals surface area contributed by atoms with Crippen molar-refractivity contribution in [3.63, 3.8) is 0 Å². The highest BCUT2D eigenvalue weighted by molar-refractivity contribution is 7.99. The first-order chi connectivity index (χ1) is 9.26. The number of esters is 1. The van der Waals surface area contributed by atoms with E-state index < -0.39 is 0 Å². The summed E-state index contributed by atoms with van der Waals surface area (Å²) in [6.07, 6.45) is 0.488. The monoisotopic (exact) mass is 278 g/mol. The zero-order chi connectivity index (χ0) is 13.9. The zero-order valence-corrected chi connectivity index (χ0v) is 11.8. The molecule has 0 saturated heterocycles. The van der Waals surface area contributed by atoms with Gasteiger partial charge in [0.1, 0.15) is 0 Å². The molecule has 0 aliphatic rings. The summed E-state index contributed by atoms with van der Waals surface area (Å²) in [6, 6.07) is 7.89. The van der Waals surface area contributed by atoms with Crippen LogP contribution in [0.4, 0.5) is 0 Å². The van der Waals surface area contributed by atoms with Crippen LogP contribution < -0.4 is 0 Å². The van der Waals surface area contributed by atoms with Gasteiger partial charge in [-0.25, -0.2) is 0 Å². The second-order valence-corrected chi connectivity index (χ2v) is 4.76. The van der Waals surface area contributed by atoms with E-state index in [1.54, 1.807) is 6.92 Å². The standard InChI is InChI=1S/C15H18O3S/c1-2-18-15(17)12-19-11-14-8-5-7-13(10-14)6-3-4-9-16/h5,7-8,10,16H,2,4,9,11-12H2,1H3. The highest BCUT2D eigenvalue weighted by Gasteiger charge is 2.02. The van der Waals surface area contributed by atoms with E-state index in [1.165, 1.54) is 11.8 Å². The topological polar surface area (TPSA) is 46.5 Å². The summed E-state index contributed by atoms with van der Waals surface area (Å²) in [4.78, 5) is 11.2. The van der Waals surface area contributed by atoms with Gasteiger partial charge in [0.2, 0.25) is 0 Å². The van der Waals surface area contributed by atoms with Crippen LogP contribution in [0.15, 0.2) is 24.3 Å². The smallest absolute Gasteiger partial charge is 0.315 e. The Morgan fingerprint density at radius 1 is 1.47 bits per heavy atom. The summed E-state index contributed by atoms with van der Waals surface area (Å²) in [5.74, 6) is 6.84.